The summed E-state index contributed by atoms with van der Waals surface area (Å²) in [5.41, 5.74) is 6.72. The summed E-state index contributed by atoms with van der Waals surface area (Å²) in [5.74, 6) is -1.11. The van der Waals surface area contributed by atoms with Crippen molar-refractivity contribution >= 4 is 17.7 Å². The van der Waals surface area contributed by atoms with Gasteiger partial charge in [0.2, 0.25) is 0 Å². The van der Waals surface area contributed by atoms with Gasteiger partial charge < -0.3 is 15.2 Å². The summed E-state index contributed by atoms with van der Waals surface area (Å²) in [6.07, 6.45) is -1.04. The van der Waals surface area contributed by atoms with Crippen molar-refractivity contribution < 1.29 is 23.5 Å². The van der Waals surface area contributed by atoms with Gasteiger partial charge in [0.1, 0.15) is 11.7 Å². The highest BCUT2D eigenvalue weighted by Crippen LogP contribution is 2.27. The molecule has 166 valence electrons. The fourth-order valence-corrected chi connectivity index (χ4v) is 3.91. The van der Waals surface area contributed by atoms with E-state index in [1.807, 2.05) is 24.3 Å². The van der Waals surface area contributed by atoms with E-state index in [2.05, 4.69) is 4.90 Å². The molecule has 0 aliphatic carbocycles. The number of nitrogens with two attached hydrogens (primary N) is 1. The zero-order valence-electron chi connectivity index (χ0n) is 18.0. The second kappa shape index (κ2) is 9.31. The third-order valence-electron chi connectivity index (χ3n) is 5.50. The summed E-state index contributed by atoms with van der Waals surface area (Å²) in [4.78, 5) is 28.0. The minimum Gasteiger partial charge on any atom is -0.458 e. The first-order valence-electron chi connectivity index (χ1n) is 10.5. The van der Waals surface area contributed by atoms with Crippen LogP contribution >= 0.6 is 0 Å². The van der Waals surface area contributed by atoms with E-state index in [0.29, 0.717) is 45.6 Å². The molecule has 3 rings (SSSR count). The number of ether oxygens (including phenoxy) is 2. The lowest BCUT2D eigenvalue weighted by Gasteiger charge is -2.34. The monoisotopic (exact) mass is 421 g/mol. The van der Waals surface area contributed by atoms with Gasteiger partial charge in [-0.2, -0.15) is 0 Å². The van der Waals surface area contributed by atoms with Crippen molar-refractivity contribution in [2.24, 2.45) is 11.7 Å². The van der Waals surface area contributed by atoms with E-state index in [1.54, 1.807) is 25.7 Å². The Morgan fingerprint density at radius 1 is 1.27 bits per heavy atom. The van der Waals surface area contributed by atoms with Gasteiger partial charge in [0.25, 0.3) is 0 Å². The first-order chi connectivity index (χ1) is 14.2. The van der Waals surface area contributed by atoms with Crippen molar-refractivity contribution in [1.82, 2.24) is 4.90 Å². The number of amides is 1. The Kier molecular flexibility index (Phi) is 6.98. The first-order valence-corrected chi connectivity index (χ1v) is 10.5. The Hall–Kier alpha value is -2.19. The number of halogens is 1. The van der Waals surface area contributed by atoms with Gasteiger partial charge in [0, 0.05) is 24.7 Å². The summed E-state index contributed by atoms with van der Waals surface area (Å²) >= 11 is 0. The lowest BCUT2D eigenvalue weighted by Crippen LogP contribution is -2.43. The lowest BCUT2D eigenvalue weighted by atomic mass is 9.92. The molecule has 0 bridgehead atoms. The summed E-state index contributed by atoms with van der Waals surface area (Å²) in [6.45, 7) is 8.05. The molecule has 30 heavy (non-hydrogen) atoms. The molecule has 2 fully saturated rings. The molecule has 1 amide bonds. The van der Waals surface area contributed by atoms with E-state index < -0.39 is 17.7 Å². The quantitative estimate of drug-likeness (QED) is 0.711. The van der Waals surface area contributed by atoms with Gasteiger partial charge in [-0.15, -0.1) is 0 Å². The van der Waals surface area contributed by atoms with Crippen LogP contribution in [0.4, 0.5) is 14.9 Å². The summed E-state index contributed by atoms with van der Waals surface area (Å²) in [5, 5.41) is 0. The predicted octanol–water partition coefficient (Wildman–Crippen LogP) is 2.86. The molecule has 7 nitrogen and oxygen atoms in total. The number of esters is 1. The molecule has 2 unspecified atom stereocenters. The number of carbonyl (C=O) groups is 2. The van der Waals surface area contributed by atoms with E-state index in [-0.39, 0.29) is 18.1 Å². The molecular formula is C22H32FN3O4. The van der Waals surface area contributed by atoms with E-state index in [4.69, 9.17) is 15.2 Å². The number of benzene rings is 1. The van der Waals surface area contributed by atoms with Gasteiger partial charge in [-0.05, 0) is 64.4 Å². The van der Waals surface area contributed by atoms with Crippen LogP contribution in [0.1, 0.15) is 39.2 Å². The minimum absolute atomic E-state index is 0.240. The van der Waals surface area contributed by atoms with Crippen LogP contribution in [-0.2, 0) is 20.8 Å². The molecule has 2 saturated heterocycles. The van der Waals surface area contributed by atoms with Crippen molar-refractivity contribution in [3.05, 3.63) is 29.8 Å². The number of cyclic esters (lactones) is 1. The maximum atomic E-state index is 14.5. The molecule has 2 aliphatic rings. The molecular weight excluding hydrogens is 389 g/mol. The second-order valence-corrected chi connectivity index (χ2v) is 9.06. The van der Waals surface area contributed by atoms with Gasteiger partial charge in [-0.3, -0.25) is 9.80 Å². The fourth-order valence-electron chi connectivity index (χ4n) is 3.91. The summed E-state index contributed by atoms with van der Waals surface area (Å²) in [6, 6.07) is 7.54. The molecule has 0 saturated carbocycles. The van der Waals surface area contributed by atoms with Gasteiger partial charge in [0.05, 0.1) is 6.54 Å². The lowest BCUT2D eigenvalue weighted by molar-refractivity contribution is -0.164. The van der Waals surface area contributed by atoms with Crippen molar-refractivity contribution in [2.75, 3.05) is 31.1 Å². The fraction of sp³-hybridized carbons (Fsp3) is 0.636. The molecule has 0 radical (unpaired) electrons. The highest BCUT2D eigenvalue weighted by atomic mass is 19.1. The van der Waals surface area contributed by atoms with Crippen molar-refractivity contribution in [2.45, 2.75) is 58.0 Å². The SMILES string of the molecule is CC(C)(C)OC(=O)C(F)C1CCN(CC2CN(c3ccc(CN)cc3)C(=O)O2)CC1. The van der Waals surface area contributed by atoms with E-state index >= 15 is 0 Å². The average molecular weight is 422 g/mol. The number of rotatable bonds is 6. The molecule has 1 aromatic carbocycles. The van der Waals surface area contributed by atoms with E-state index in [1.165, 1.54) is 0 Å². The van der Waals surface area contributed by atoms with Crippen LogP contribution in [-0.4, -0.2) is 61.0 Å². The normalized spacial score (nSPS) is 22.1. The maximum absolute atomic E-state index is 14.5. The second-order valence-electron chi connectivity index (χ2n) is 9.06. The Labute approximate surface area is 177 Å². The molecule has 0 spiro atoms. The number of nitrogens with zero attached hydrogens (tertiary/aromatic N) is 2. The third kappa shape index (κ3) is 5.70. The number of anilines is 1. The van der Waals surface area contributed by atoms with Crippen LogP contribution < -0.4 is 10.6 Å². The first kappa shape index (κ1) is 22.5. The van der Waals surface area contributed by atoms with Crippen LogP contribution in [0.3, 0.4) is 0 Å². The summed E-state index contributed by atoms with van der Waals surface area (Å²) in [7, 11) is 0. The Morgan fingerprint density at radius 2 is 1.90 bits per heavy atom. The zero-order valence-corrected chi connectivity index (χ0v) is 18.0. The highest BCUT2D eigenvalue weighted by Gasteiger charge is 2.37. The zero-order chi connectivity index (χ0) is 21.9. The predicted molar refractivity (Wildman–Crippen MR) is 112 cm³/mol. The van der Waals surface area contributed by atoms with Crippen LogP contribution in [0.15, 0.2) is 24.3 Å². The van der Waals surface area contributed by atoms with Crippen molar-refractivity contribution in [3.63, 3.8) is 0 Å². The number of hydrogen-bond donors (Lipinski definition) is 1. The van der Waals surface area contributed by atoms with Gasteiger partial charge in [-0.25, -0.2) is 14.0 Å². The number of hydrogen-bond acceptors (Lipinski definition) is 6. The van der Waals surface area contributed by atoms with Crippen molar-refractivity contribution in [3.8, 4) is 0 Å². The number of piperidine rings is 1. The molecule has 8 heteroatoms. The standard InChI is InChI=1S/C22H32FN3O4/c1-22(2,3)30-20(27)19(23)16-8-10-25(11-9-16)13-18-14-26(21(28)29-18)17-6-4-15(12-24)5-7-17/h4-7,16,18-19H,8-14,24H2,1-3H3. The van der Waals surface area contributed by atoms with Gasteiger partial charge in [-0.1, -0.05) is 12.1 Å². The average Bonchev–Trinajstić information content (AvgIpc) is 3.06. The molecule has 2 N–H and O–H groups in total. The number of carbonyl (C=O) groups excluding carboxylic acids is 2. The van der Waals surface area contributed by atoms with E-state index in [0.717, 1.165) is 11.3 Å². The number of alkyl halides is 1. The maximum Gasteiger partial charge on any atom is 0.414 e. The minimum atomic E-state index is -1.59. The molecule has 1 aromatic rings. The molecule has 2 aliphatic heterocycles. The van der Waals surface area contributed by atoms with Crippen LogP contribution in [0.25, 0.3) is 0 Å². The third-order valence-corrected chi connectivity index (χ3v) is 5.50. The van der Waals surface area contributed by atoms with Crippen LogP contribution in [0.2, 0.25) is 0 Å². The van der Waals surface area contributed by atoms with Crippen molar-refractivity contribution in [1.29, 1.82) is 0 Å². The van der Waals surface area contributed by atoms with E-state index in [9.17, 15) is 14.0 Å². The summed E-state index contributed by atoms with van der Waals surface area (Å²) < 4.78 is 25.2. The smallest absolute Gasteiger partial charge is 0.414 e. The molecule has 2 heterocycles. The highest BCUT2D eigenvalue weighted by molar-refractivity contribution is 5.89. The Balaban J connectivity index is 1.47. The van der Waals surface area contributed by atoms with Gasteiger partial charge in [0.15, 0.2) is 6.17 Å². The van der Waals surface area contributed by atoms with Crippen LogP contribution in [0, 0.1) is 5.92 Å². The Bertz CT molecular complexity index is 742. The number of likely N-dealkylation sites (tertiary alicyclic amines) is 1. The molecule has 0 aromatic heterocycles. The largest absolute Gasteiger partial charge is 0.458 e. The Morgan fingerprint density at radius 3 is 2.47 bits per heavy atom. The van der Waals surface area contributed by atoms with Gasteiger partial charge >= 0.3 is 12.1 Å². The topological polar surface area (TPSA) is 85.1 Å². The van der Waals surface area contributed by atoms with Crippen LogP contribution in [0.5, 0.6) is 0 Å². The molecule has 2 atom stereocenters.